The molecule has 0 aliphatic carbocycles. The van der Waals surface area contributed by atoms with E-state index in [0.29, 0.717) is 19.6 Å². The van der Waals surface area contributed by atoms with E-state index < -0.39 is 12.0 Å². The Morgan fingerprint density at radius 1 is 0.974 bits per heavy atom. The third kappa shape index (κ3) is 22.0. The monoisotopic (exact) mass is 542 g/mol. The Labute approximate surface area is 229 Å². The molecule has 0 aliphatic heterocycles. The zero-order valence-corrected chi connectivity index (χ0v) is 22.2. The number of esters is 1. The Morgan fingerprint density at radius 3 is 1.95 bits per heavy atom. The number of benzene rings is 1. The lowest BCUT2D eigenvalue weighted by Crippen LogP contribution is -2.46. The number of Topliss-reactive ketones (excluding diaryl/α,β-unsaturated/α-hetero) is 1. The molecule has 1 aromatic rings. The van der Waals surface area contributed by atoms with Gasteiger partial charge < -0.3 is 34.5 Å². The fraction of sp³-hybridized carbons (Fsp3) is 0.571. The van der Waals surface area contributed by atoms with E-state index in [4.69, 9.17) is 23.9 Å². The summed E-state index contributed by atoms with van der Waals surface area (Å²) in [6.07, 6.45) is 0.864. The van der Waals surface area contributed by atoms with E-state index >= 15 is 0 Å². The Balaban J connectivity index is -0.000000422. The van der Waals surface area contributed by atoms with Crippen LogP contribution < -0.4 is 10.6 Å². The van der Waals surface area contributed by atoms with Crippen LogP contribution >= 0.6 is 0 Å². The molecule has 2 unspecified atom stereocenters. The highest BCUT2D eigenvalue weighted by molar-refractivity contribution is 5.90. The van der Waals surface area contributed by atoms with Crippen molar-refractivity contribution in [2.45, 2.75) is 67.5 Å². The summed E-state index contributed by atoms with van der Waals surface area (Å²) in [6.45, 7) is 12.7. The van der Waals surface area contributed by atoms with E-state index in [0.717, 1.165) is 5.56 Å². The predicted molar refractivity (Wildman–Crippen MR) is 151 cm³/mol. The molecule has 0 bridgehead atoms. The lowest BCUT2D eigenvalue weighted by molar-refractivity contribution is -0.145. The van der Waals surface area contributed by atoms with Crippen LogP contribution in [-0.2, 0) is 44.8 Å². The maximum absolute atomic E-state index is 13.2. The summed E-state index contributed by atoms with van der Waals surface area (Å²) in [5.41, 5.74) is 0.705. The molecular formula is C28H50N2O8. The Morgan fingerprint density at radius 2 is 1.50 bits per heavy atom. The molecule has 0 saturated carbocycles. The number of methoxy groups -OCH3 is 1. The van der Waals surface area contributed by atoms with Gasteiger partial charge >= 0.3 is 5.97 Å². The van der Waals surface area contributed by atoms with Crippen LogP contribution in [0.5, 0.6) is 0 Å². The van der Waals surface area contributed by atoms with Crippen LogP contribution in [0.15, 0.2) is 30.3 Å². The molecular weight excluding hydrogens is 492 g/mol. The first-order valence-corrected chi connectivity index (χ1v) is 11.2. The molecule has 2 N–H and O–H groups in total. The molecule has 0 saturated heterocycles. The summed E-state index contributed by atoms with van der Waals surface area (Å²) >= 11 is 0. The van der Waals surface area contributed by atoms with Crippen molar-refractivity contribution in [2.75, 3.05) is 27.3 Å². The molecule has 2 atom stereocenters. The number of hydrogen-bond acceptors (Lipinski definition) is 9. The van der Waals surface area contributed by atoms with Gasteiger partial charge in [0.1, 0.15) is 27.0 Å². The first kappa shape index (κ1) is 44.7. The SMILES string of the molecule is C.C.C=O.C=O.C=O.CNCC(CC(C)(C)COC)C(=O)C(CCC(=O)OCc1ccccc1)NC(C)=O. The molecule has 0 radical (unpaired) electrons. The van der Waals surface area contributed by atoms with Crippen molar-refractivity contribution in [1.82, 2.24) is 10.6 Å². The van der Waals surface area contributed by atoms with Crippen LogP contribution in [0.2, 0.25) is 0 Å². The standard InChI is InChI=1S/C23H36N2O5.3CH2O.2CH4/c1-17(26)25-20(11-12-21(27)30-15-18-9-7-6-8-10-18)22(28)19(14-24-4)13-23(2,3)16-29-5;3*1-2;;/h6-10,19-20,24H,11-16H2,1-5H3,(H,25,26);3*1H2;2*1H4. The molecule has 0 aliphatic rings. The zero-order valence-electron chi connectivity index (χ0n) is 22.2. The molecule has 1 amide bonds. The second-order valence-corrected chi connectivity index (χ2v) is 8.40. The molecule has 0 heterocycles. The molecule has 10 nitrogen and oxygen atoms in total. The van der Waals surface area contributed by atoms with E-state index in [1.54, 1.807) is 14.2 Å². The van der Waals surface area contributed by atoms with Gasteiger partial charge in [-0.25, -0.2) is 0 Å². The lowest BCUT2D eigenvalue weighted by atomic mass is 9.79. The van der Waals surface area contributed by atoms with Crippen molar-refractivity contribution < 1.29 is 38.2 Å². The summed E-state index contributed by atoms with van der Waals surface area (Å²) in [7, 11) is 3.43. The fourth-order valence-electron chi connectivity index (χ4n) is 3.52. The number of rotatable bonds is 14. The summed E-state index contributed by atoms with van der Waals surface area (Å²) in [5.74, 6) is -1.09. The Hall–Kier alpha value is -3.24. The normalized spacial score (nSPS) is 10.9. The number of ketones is 1. The topological polar surface area (TPSA) is 145 Å². The van der Waals surface area contributed by atoms with Gasteiger partial charge in [-0.3, -0.25) is 14.4 Å². The molecule has 220 valence electrons. The van der Waals surface area contributed by atoms with Gasteiger partial charge in [0.05, 0.1) is 12.6 Å². The predicted octanol–water partition coefficient (Wildman–Crippen LogP) is 3.20. The van der Waals surface area contributed by atoms with Gasteiger partial charge in [0.15, 0.2) is 5.78 Å². The lowest BCUT2D eigenvalue weighted by Gasteiger charge is -2.30. The maximum atomic E-state index is 13.2. The highest BCUT2D eigenvalue weighted by atomic mass is 16.5. The first-order chi connectivity index (χ1) is 17.2. The summed E-state index contributed by atoms with van der Waals surface area (Å²) < 4.78 is 10.6. The van der Waals surface area contributed by atoms with Crippen LogP contribution in [0.4, 0.5) is 0 Å². The minimum atomic E-state index is -0.733. The van der Waals surface area contributed by atoms with Crippen molar-refractivity contribution >= 4 is 38.0 Å². The van der Waals surface area contributed by atoms with Gasteiger partial charge in [-0.2, -0.15) is 0 Å². The third-order valence-electron chi connectivity index (χ3n) is 4.79. The van der Waals surface area contributed by atoms with E-state index in [1.165, 1.54) is 6.92 Å². The van der Waals surface area contributed by atoms with E-state index in [9.17, 15) is 14.4 Å². The van der Waals surface area contributed by atoms with Crippen LogP contribution in [0.1, 0.15) is 60.5 Å². The summed E-state index contributed by atoms with van der Waals surface area (Å²) in [5, 5.41) is 5.77. The van der Waals surface area contributed by atoms with Crippen LogP contribution in [-0.4, -0.2) is 71.4 Å². The van der Waals surface area contributed by atoms with Crippen molar-refractivity contribution in [3.63, 3.8) is 0 Å². The minimum absolute atomic E-state index is 0. The molecule has 38 heavy (non-hydrogen) atoms. The zero-order chi connectivity index (χ0) is 28.6. The Bertz CT molecular complexity index is 724. The number of carbonyl (C=O) groups excluding carboxylic acids is 6. The second kappa shape index (κ2) is 28.3. The largest absolute Gasteiger partial charge is 0.461 e. The number of ether oxygens (including phenoxy) is 2. The van der Waals surface area contributed by atoms with Crippen LogP contribution in [0, 0.1) is 11.3 Å². The van der Waals surface area contributed by atoms with Gasteiger partial charge in [-0.05, 0) is 30.9 Å². The van der Waals surface area contributed by atoms with E-state index in [1.807, 2.05) is 64.5 Å². The number of amides is 1. The van der Waals surface area contributed by atoms with Gasteiger partial charge in [-0.15, -0.1) is 0 Å². The molecule has 1 aromatic carbocycles. The molecule has 0 aromatic heterocycles. The van der Waals surface area contributed by atoms with Crippen molar-refractivity contribution in [1.29, 1.82) is 0 Å². The van der Waals surface area contributed by atoms with Crippen LogP contribution in [0.25, 0.3) is 0 Å². The van der Waals surface area contributed by atoms with Crippen LogP contribution in [0.3, 0.4) is 0 Å². The molecule has 0 spiro atoms. The maximum Gasteiger partial charge on any atom is 0.306 e. The highest BCUT2D eigenvalue weighted by Crippen LogP contribution is 2.27. The minimum Gasteiger partial charge on any atom is -0.461 e. The summed E-state index contributed by atoms with van der Waals surface area (Å²) in [4.78, 5) is 61.0. The van der Waals surface area contributed by atoms with Gasteiger partial charge in [-0.1, -0.05) is 59.0 Å². The number of carbonyl (C=O) groups is 6. The average molecular weight is 543 g/mol. The van der Waals surface area contributed by atoms with Gasteiger partial charge in [0.25, 0.3) is 0 Å². The average Bonchev–Trinajstić information content (AvgIpc) is 2.88. The quantitative estimate of drug-likeness (QED) is 0.338. The highest BCUT2D eigenvalue weighted by Gasteiger charge is 2.32. The van der Waals surface area contributed by atoms with Crippen molar-refractivity contribution in [3.05, 3.63) is 35.9 Å². The third-order valence-corrected chi connectivity index (χ3v) is 4.79. The first-order valence-electron chi connectivity index (χ1n) is 11.2. The number of nitrogens with one attached hydrogen (secondary N) is 2. The summed E-state index contributed by atoms with van der Waals surface area (Å²) in [6, 6.07) is 8.67. The Kier molecular flexibility index (Phi) is 33.4. The molecule has 10 heteroatoms. The van der Waals surface area contributed by atoms with E-state index in [-0.39, 0.29) is 57.3 Å². The van der Waals surface area contributed by atoms with Crippen molar-refractivity contribution in [3.8, 4) is 0 Å². The molecule has 0 fully saturated rings. The smallest absolute Gasteiger partial charge is 0.306 e. The number of hydrogen-bond donors (Lipinski definition) is 2. The second-order valence-electron chi connectivity index (χ2n) is 8.40. The molecule has 1 rings (SSSR count). The van der Waals surface area contributed by atoms with Gasteiger partial charge in [0.2, 0.25) is 5.91 Å². The van der Waals surface area contributed by atoms with Gasteiger partial charge in [0, 0.05) is 32.9 Å². The fourth-order valence-corrected chi connectivity index (χ4v) is 3.52. The van der Waals surface area contributed by atoms with Crippen molar-refractivity contribution in [2.24, 2.45) is 11.3 Å². The van der Waals surface area contributed by atoms with E-state index in [2.05, 4.69) is 10.6 Å².